The zero-order valence-electron chi connectivity index (χ0n) is 11.8. The van der Waals surface area contributed by atoms with E-state index in [1.807, 2.05) is 0 Å². The Labute approximate surface area is 97.3 Å². The first kappa shape index (κ1) is 15.0. The SMILES string of the molecule is CC(C)N([B]N(C(C)C)C(C)C)C(C)C. The number of rotatable bonds is 6. The van der Waals surface area contributed by atoms with E-state index >= 15 is 0 Å². The van der Waals surface area contributed by atoms with Gasteiger partial charge < -0.3 is 9.62 Å². The van der Waals surface area contributed by atoms with Crippen LogP contribution in [-0.2, 0) is 0 Å². The Hall–Kier alpha value is -0.0151. The third-order valence-corrected chi connectivity index (χ3v) is 2.65. The number of hydrogen-bond donors (Lipinski definition) is 0. The van der Waals surface area contributed by atoms with Crippen molar-refractivity contribution < 1.29 is 0 Å². The largest absolute Gasteiger partial charge is 0.327 e. The van der Waals surface area contributed by atoms with Crippen LogP contribution in [0.25, 0.3) is 0 Å². The monoisotopic (exact) mass is 211 g/mol. The maximum atomic E-state index is 2.42. The minimum absolute atomic E-state index is 0.560. The molecule has 0 saturated carbocycles. The molecule has 0 unspecified atom stereocenters. The average Bonchev–Trinajstić information content (AvgIpc) is 2.01. The van der Waals surface area contributed by atoms with Gasteiger partial charge in [0.25, 0.3) is 0 Å². The van der Waals surface area contributed by atoms with E-state index in [2.05, 4.69) is 72.6 Å². The van der Waals surface area contributed by atoms with Gasteiger partial charge in [0.1, 0.15) is 0 Å². The van der Waals surface area contributed by atoms with Crippen LogP contribution in [-0.4, -0.2) is 41.3 Å². The second kappa shape index (κ2) is 6.54. The van der Waals surface area contributed by atoms with Crippen LogP contribution in [0.1, 0.15) is 55.4 Å². The highest BCUT2D eigenvalue weighted by molar-refractivity contribution is 6.28. The molecule has 0 fully saturated rings. The molecule has 0 bridgehead atoms. The first-order valence-corrected chi connectivity index (χ1v) is 6.17. The van der Waals surface area contributed by atoms with Crippen LogP contribution < -0.4 is 0 Å². The molecule has 0 N–H and O–H groups in total. The molecule has 0 aliphatic carbocycles. The van der Waals surface area contributed by atoms with E-state index in [0.717, 1.165) is 0 Å². The predicted octanol–water partition coefficient (Wildman–Crippen LogP) is 2.76. The molecular weight excluding hydrogens is 183 g/mol. The normalized spacial score (nSPS) is 12.9. The molecule has 0 atom stereocenters. The molecule has 3 heteroatoms. The van der Waals surface area contributed by atoms with Crippen LogP contribution in [0, 0.1) is 0 Å². The van der Waals surface area contributed by atoms with Crippen molar-refractivity contribution in [3.63, 3.8) is 0 Å². The molecule has 89 valence electrons. The standard InChI is InChI=1S/C12H28BN2/c1-9(2)14(10(3)4)13-15(11(5)6)12(7)8/h9-12H,1-8H3. The molecule has 0 aromatic heterocycles. The van der Waals surface area contributed by atoms with Crippen LogP contribution in [0.2, 0.25) is 0 Å². The summed E-state index contributed by atoms with van der Waals surface area (Å²) in [6.07, 6.45) is 0. The minimum atomic E-state index is 0.560. The van der Waals surface area contributed by atoms with Gasteiger partial charge in [-0.25, -0.2) is 0 Å². The van der Waals surface area contributed by atoms with E-state index < -0.39 is 0 Å². The molecule has 2 nitrogen and oxygen atoms in total. The summed E-state index contributed by atoms with van der Waals surface area (Å²) in [6.45, 7) is 18.0. The van der Waals surface area contributed by atoms with Crippen LogP contribution in [0.3, 0.4) is 0 Å². The summed E-state index contributed by atoms with van der Waals surface area (Å²) in [5.74, 6) is 0. The van der Waals surface area contributed by atoms with E-state index in [9.17, 15) is 0 Å². The van der Waals surface area contributed by atoms with Crippen LogP contribution in [0.5, 0.6) is 0 Å². The molecule has 0 heterocycles. The Balaban J connectivity index is 4.48. The average molecular weight is 211 g/mol. The highest BCUT2D eigenvalue weighted by atomic mass is 15.2. The second-order valence-corrected chi connectivity index (χ2v) is 5.38. The van der Waals surface area contributed by atoms with Gasteiger partial charge in [0.05, 0.1) is 0 Å². The fourth-order valence-corrected chi connectivity index (χ4v) is 1.88. The van der Waals surface area contributed by atoms with Crippen molar-refractivity contribution in [2.24, 2.45) is 0 Å². The van der Waals surface area contributed by atoms with Crippen molar-refractivity contribution in [3.8, 4) is 0 Å². The second-order valence-electron chi connectivity index (χ2n) is 5.38. The molecule has 0 rings (SSSR count). The lowest BCUT2D eigenvalue weighted by molar-refractivity contribution is 0.238. The fraction of sp³-hybridized carbons (Fsp3) is 1.00. The highest BCUT2D eigenvalue weighted by Gasteiger charge is 2.23. The summed E-state index contributed by atoms with van der Waals surface area (Å²) in [4.78, 5) is 4.83. The Bertz CT molecular complexity index is 133. The van der Waals surface area contributed by atoms with Gasteiger partial charge in [0, 0.05) is 0 Å². The Morgan fingerprint density at radius 3 is 0.867 bits per heavy atom. The van der Waals surface area contributed by atoms with Gasteiger partial charge in [0.2, 0.25) is 0 Å². The van der Waals surface area contributed by atoms with E-state index in [4.69, 9.17) is 0 Å². The predicted molar refractivity (Wildman–Crippen MR) is 70.0 cm³/mol. The van der Waals surface area contributed by atoms with Crippen molar-refractivity contribution in [2.45, 2.75) is 79.6 Å². The maximum Gasteiger partial charge on any atom is 0.314 e. The third-order valence-electron chi connectivity index (χ3n) is 2.65. The summed E-state index contributed by atoms with van der Waals surface area (Å²) in [7, 11) is 2.30. The summed E-state index contributed by atoms with van der Waals surface area (Å²) >= 11 is 0. The van der Waals surface area contributed by atoms with Gasteiger partial charge in [-0.05, 0) is 24.2 Å². The molecule has 0 aromatic rings. The van der Waals surface area contributed by atoms with Crippen LogP contribution in [0.4, 0.5) is 0 Å². The molecule has 0 aliphatic heterocycles. The third kappa shape index (κ3) is 5.03. The summed E-state index contributed by atoms with van der Waals surface area (Å²) in [5.41, 5.74) is 0. The molecule has 0 saturated heterocycles. The van der Waals surface area contributed by atoms with Crippen molar-refractivity contribution in [2.75, 3.05) is 0 Å². The highest BCUT2D eigenvalue weighted by Crippen LogP contribution is 2.09. The molecule has 1 radical (unpaired) electrons. The summed E-state index contributed by atoms with van der Waals surface area (Å²) < 4.78 is 0. The quantitative estimate of drug-likeness (QED) is 0.623. The van der Waals surface area contributed by atoms with Crippen molar-refractivity contribution >= 4 is 7.55 Å². The summed E-state index contributed by atoms with van der Waals surface area (Å²) in [6, 6.07) is 2.24. The molecule has 15 heavy (non-hydrogen) atoms. The molecular formula is C12H28BN2. The molecule has 0 aliphatic rings. The van der Waals surface area contributed by atoms with E-state index in [0.29, 0.717) is 24.2 Å². The Kier molecular flexibility index (Phi) is 6.54. The first-order chi connectivity index (χ1) is 6.77. The zero-order valence-corrected chi connectivity index (χ0v) is 11.8. The zero-order chi connectivity index (χ0) is 12.2. The Morgan fingerprint density at radius 1 is 0.533 bits per heavy atom. The van der Waals surface area contributed by atoms with Gasteiger partial charge in [-0.1, -0.05) is 55.4 Å². The lowest BCUT2D eigenvalue weighted by Gasteiger charge is -2.38. The lowest BCUT2D eigenvalue weighted by Crippen LogP contribution is -2.52. The molecule has 0 aromatic carbocycles. The minimum Gasteiger partial charge on any atom is -0.327 e. The van der Waals surface area contributed by atoms with Gasteiger partial charge in [-0.15, -0.1) is 0 Å². The van der Waals surface area contributed by atoms with E-state index in [-0.39, 0.29) is 0 Å². The molecule has 0 amide bonds. The van der Waals surface area contributed by atoms with Crippen molar-refractivity contribution in [1.82, 2.24) is 9.62 Å². The van der Waals surface area contributed by atoms with Crippen LogP contribution >= 0.6 is 0 Å². The molecule has 0 spiro atoms. The fourth-order valence-electron chi connectivity index (χ4n) is 1.88. The first-order valence-electron chi connectivity index (χ1n) is 6.17. The number of nitrogens with zero attached hydrogens (tertiary/aromatic N) is 2. The van der Waals surface area contributed by atoms with Crippen LogP contribution in [0.15, 0.2) is 0 Å². The van der Waals surface area contributed by atoms with E-state index in [1.54, 1.807) is 0 Å². The smallest absolute Gasteiger partial charge is 0.314 e. The van der Waals surface area contributed by atoms with Gasteiger partial charge >= 0.3 is 7.55 Å². The number of hydrogen-bond acceptors (Lipinski definition) is 2. The maximum absolute atomic E-state index is 2.42. The van der Waals surface area contributed by atoms with Gasteiger partial charge in [-0.2, -0.15) is 0 Å². The lowest BCUT2D eigenvalue weighted by atomic mass is 9.93. The summed E-state index contributed by atoms with van der Waals surface area (Å²) in [5, 5.41) is 0. The van der Waals surface area contributed by atoms with Crippen molar-refractivity contribution in [3.05, 3.63) is 0 Å². The van der Waals surface area contributed by atoms with Gasteiger partial charge in [-0.3, -0.25) is 0 Å². The topological polar surface area (TPSA) is 6.48 Å². The van der Waals surface area contributed by atoms with Gasteiger partial charge in [0.15, 0.2) is 0 Å². The van der Waals surface area contributed by atoms with E-state index in [1.165, 1.54) is 0 Å². The Morgan fingerprint density at radius 2 is 0.733 bits per heavy atom. The van der Waals surface area contributed by atoms with Crippen molar-refractivity contribution in [1.29, 1.82) is 0 Å².